The van der Waals surface area contributed by atoms with Gasteiger partial charge in [0.15, 0.2) is 0 Å². The maximum absolute atomic E-state index is 11.4. The van der Waals surface area contributed by atoms with E-state index in [0.717, 1.165) is 16.8 Å². The molecule has 2 aromatic carbocycles. The van der Waals surface area contributed by atoms with Crippen molar-refractivity contribution in [3.8, 4) is 40.1 Å². The van der Waals surface area contributed by atoms with E-state index in [-0.39, 0.29) is 5.69 Å². The molecular formula is C23H17N5O2. The molecule has 146 valence electrons. The highest BCUT2D eigenvalue weighted by Crippen LogP contribution is 2.34. The lowest BCUT2D eigenvalue weighted by atomic mass is 10.1. The second-order valence-corrected chi connectivity index (χ2v) is 6.56. The third kappa shape index (κ3) is 3.75. The van der Waals surface area contributed by atoms with Crippen LogP contribution in [0.3, 0.4) is 0 Å². The van der Waals surface area contributed by atoms with E-state index >= 15 is 0 Å². The zero-order valence-electron chi connectivity index (χ0n) is 16.1. The highest BCUT2D eigenvalue weighted by atomic mass is 16.5. The van der Waals surface area contributed by atoms with Crippen LogP contribution in [0.25, 0.3) is 22.5 Å². The molecule has 2 heterocycles. The van der Waals surface area contributed by atoms with Gasteiger partial charge in [-0.3, -0.25) is 9.48 Å². The van der Waals surface area contributed by atoms with Gasteiger partial charge in [-0.15, -0.1) is 0 Å². The van der Waals surface area contributed by atoms with Crippen LogP contribution in [0.15, 0.2) is 72.9 Å². The summed E-state index contributed by atoms with van der Waals surface area (Å²) in [6.07, 6.45) is 1.69. The lowest BCUT2D eigenvalue weighted by molar-refractivity contribution is 0.0995. The number of amides is 1. The molecule has 0 aliphatic rings. The normalized spacial score (nSPS) is 10.4. The maximum Gasteiger partial charge on any atom is 0.267 e. The maximum atomic E-state index is 11.4. The van der Waals surface area contributed by atoms with Gasteiger partial charge in [0.2, 0.25) is 0 Å². The molecule has 0 spiro atoms. The number of nitrogens with zero attached hydrogens (tertiary/aromatic N) is 4. The van der Waals surface area contributed by atoms with Crippen LogP contribution in [0.1, 0.15) is 16.1 Å². The molecule has 0 fully saturated rings. The molecule has 0 radical (unpaired) electrons. The van der Waals surface area contributed by atoms with Crippen molar-refractivity contribution in [2.75, 3.05) is 0 Å². The van der Waals surface area contributed by atoms with Gasteiger partial charge in [-0.05, 0) is 60.7 Å². The number of ether oxygens (including phenoxy) is 1. The smallest absolute Gasteiger partial charge is 0.267 e. The van der Waals surface area contributed by atoms with Gasteiger partial charge in [-0.25, -0.2) is 4.98 Å². The first-order valence-electron chi connectivity index (χ1n) is 9.13. The molecule has 0 saturated carbocycles. The summed E-state index contributed by atoms with van der Waals surface area (Å²) < 4.78 is 7.82. The first-order chi connectivity index (χ1) is 14.5. The number of nitriles is 1. The minimum Gasteiger partial charge on any atom is -0.457 e. The molecular weight excluding hydrogens is 378 g/mol. The van der Waals surface area contributed by atoms with Crippen molar-refractivity contribution in [1.82, 2.24) is 14.8 Å². The number of carbonyl (C=O) groups is 1. The monoisotopic (exact) mass is 395 g/mol. The van der Waals surface area contributed by atoms with E-state index in [9.17, 15) is 10.1 Å². The number of aromatic nitrogens is 3. The fraction of sp³-hybridized carbons (Fsp3) is 0.0435. The van der Waals surface area contributed by atoms with Gasteiger partial charge in [-0.1, -0.05) is 6.07 Å². The summed E-state index contributed by atoms with van der Waals surface area (Å²) in [5.74, 6) is 0.664. The lowest BCUT2D eigenvalue weighted by Gasteiger charge is -2.12. The number of nitrogens with two attached hydrogens (primary N) is 1. The number of hydrogen-bond donors (Lipinski definition) is 1. The van der Waals surface area contributed by atoms with E-state index < -0.39 is 5.91 Å². The molecule has 2 N–H and O–H groups in total. The predicted molar refractivity (Wildman–Crippen MR) is 112 cm³/mol. The quantitative estimate of drug-likeness (QED) is 0.551. The molecule has 30 heavy (non-hydrogen) atoms. The molecule has 7 nitrogen and oxygen atoms in total. The summed E-state index contributed by atoms with van der Waals surface area (Å²) in [5.41, 5.74) is 9.15. The Kier molecular flexibility index (Phi) is 4.97. The minimum atomic E-state index is -0.569. The standard InChI is InChI=1S/C23H17N5O2/c1-28-21(11-12-26-28)18-13-15(14-24)5-10-22(18)30-17-8-6-16(7-9-17)19-3-2-4-20(27-19)23(25)29/h2-13H,1H3,(H2,25,29). The number of pyridine rings is 1. The molecule has 0 aliphatic carbocycles. The molecule has 1 amide bonds. The number of rotatable bonds is 5. The molecule has 0 aliphatic heterocycles. The van der Waals surface area contributed by atoms with Crippen LogP contribution >= 0.6 is 0 Å². The molecule has 2 aromatic heterocycles. The number of carbonyl (C=O) groups excluding carboxylic acids is 1. The Bertz CT molecular complexity index is 1270. The zero-order valence-corrected chi connectivity index (χ0v) is 16.1. The zero-order chi connectivity index (χ0) is 21.1. The van der Waals surface area contributed by atoms with Crippen LogP contribution < -0.4 is 10.5 Å². The molecule has 0 unspecified atom stereocenters. The number of benzene rings is 2. The summed E-state index contributed by atoms with van der Waals surface area (Å²) in [6.45, 7) is 0. The molecule has 0 atom stereocenters. The van der Waals surface area contributed by atoms with E-state index in [1.54, 1.807) is 41.2 Å². The van der Waals surface area contributed by atoms with E-state index in [1.807, 2.05) is 43.4 Å². The van der Waals surface area contributed by atoms with Gasteiger partial charge >= 0.3 is 0 Å². The Hall–Kier alpha value is -4.44. The van der Waals surface area contributed by atoms with Gasteiger partial charge in [0.25, 0.3) is 5.91 Å². The van der Waals surface area contributed by atoms with Gasteiger partial charge in [0.1, 0.15) is 17.2 Å². The Labute approximate surface area is 173 Å². The summed E-state index contributed by atoms with van der Waals surface area (Å²) in [5, 5.41) is 13.5. The molecule has 0 bridgehead atoms. The van der Waals surface area contributed by atoms with Gasteiger partial charge in [0.05, 0.1) is 23.0 Å². The van der Waals surface area contributed by atoms with Crippen LogP contribution in [-0.4, -0.2) is 20.7 Å². The van der Waals surface area contributed by atoms with Crippen LogP contribution in [0.5, 0.6) is 11.5 Å². The van der Waals surface area contributed by atoms with Gasteiger partial charge < -0.3 is 10.5 Å². The van der Waals surface area contributed by atoms with E-state index in [2.05, 4.69) is 16.2 Å². The molecule has 4 rings (SSSR count). The summed E-state index contributed by atoms with van der Waals surface area (Å²) in [7, 11) is 1.83. The third-order valence-electron chi connectivity index (χ3n) is 4.58. The summed E-state index contributed by atoms with van der Waals surface area (Å²) in [4.78, 5) is 15.6. The second kappa shape index (κ2) is 7.89. The van der Waals surface area contributed by atoms with Gasteiger partial charge in [-0.2, -0.15) is 10.4 Å². The largest absolute Gasteiger partial charge is 0.457 e. The first-order valence-corrected chi connectivity index (χ1v) is 9.13. The average Bonchev–Trinajstić information content (AvgIpc) is 3.20. The van der Waals surface area contributed by atoms with E-state index in [0.29, 0.717) is 22.8 Å². The van der Waals surface area contributed by atoms with Crippen molar-refractivity contribution in [3.05, 3.63) is 84.2 Å². The van der Waals surface area contributed by atoms with Crippen LogP contribution in [0, 0.1) is 11.3 Å². The fourth-order valence-corrected chi connectivity index (χ4v) is 3.08. The van der Waals surface area contributed by atoms with Crippen molar-refractivity contribution in [2.45, 2.75) is 0 Å². The first kappa shape index (κ1) is 18.9. The Morgan fingerprint density at radius 1 is 1.10 bits per heavy atom. The van der Waals surface area contributed by atoms with Crippen LogP contribution in [-0.2, 0) is 7.05 Å². The lowest BCUT2D eigenvalue weighted by Crippen LogP contribution is -2.12. The van der Waals surface area contributed by atoms with Crippen LogP contribution in [0.2, 0.25) is 0 Å². The number of aryl methyl sites for hydroxylation is 1. The van der Waals surface area contributed by atoms with E-state index in [1.165, 1.54) is 0 Å². The topological polar surface area (TPSA) is 107 Å². The fourth-order valence-electron chi connectivity index (χ4n) is 3.08. The Morgan fingerprint density at radius 2 is 1.90 bits per heavy atom. The minimum absolute atomic E-state index is 0.214. The number of primary amides is 1. The average molecular weight is 395 g/mol. The summed E-state index contributed by atoms with van der Waals surface area (Å²) in [6, 6.07) is 21.8. The van der Waals surface area contributed by atoms with Crippen molar-refractivity contribution in [3.63, 3.8) is 0 Å². The number of hydrogen-bond acceptors (Lipinski definition) is 5. The van der Waals surface area contributed by atoms with Crippen molar-refractivity contribution in [1.29, 1.82) is 5.26 Å². The van der Waals surface area contributed by atoms with Gasteiger partial charge in [0, 0.05) is 24.4 Å². The highest BCUT2D eigenvalue weighted by molar-refractivity contribution is 5.91. The Balaban J connectivity index is 1.64. The molecule has 0 saturated heterocycles. The SMILES string of the molecule is Cn1nccc1-c1cc(C#N)ccc1Oc1ccc(-c2cccc(C(N)=O)n2)cc1. The highest BCUT2D eigenvalue weighted by Gasteiger charge is 2.13. The van der Waals surface area contributed by atoms with E-state index in [4.69, 9.17) is 10.5 Å². The molecule has 4 aromatic rings. The van der Waals surface area contributed by atoms with Crippen molar-refractivity contribution < 1.29 is 9.53 Å². The van der Waals surface area contributed by atoms with Crippen molar-refractivity contribution >= 4 is 5.91 Å². The Morgan fingerprint density at radius 3 is 2.57 bits per heavy atom. The predicted octanol–water partition coefficient (Wildman–Crippen LogP) is 3.91. The van der Waals surface area contributed by atoms with Crippen molar-refractivity contribution in [2.24, 2.45) is 12.8 Å². The summed E-state index contributed by atoms with van der Waals surface area (Å²) >= 11 is 0. The van der Waals surface area contributed by atoms with Crippen LogP contribution in [0.4, 0.5) is 0 Å². The second-order valence-electron chi connectivity index (χ2n) is 6.56. The third-order valence-corrected chi connectivity index (χ3v) is 4.58. The molecule has 7 heteroatoms.